The molecule has 106 valence electrons. The Morgan fingerprint density at radius 3 is 2.68 bits per heavy atom. The Kier molecular flexibility index (Phi) is 4.11. The Hall–Kier alpha value is -1.53. The molecule has 1 aromatic rings. The van der Waals surface area contributed by atoms with Crippen molar-refractivity contribution >= 4 is 5.82 Å². The van der Waals surface area contributed by atoms with Crippen molar-refractivity contribution in [2.45, 2.75) is 37.8 Å². The highest BCUT2D eigenvalue weighted by Gasteiger charge is 2.28. The van der Waals surface area contributed by atoms with Crippen LogP contribution in [0.25, 0.3) is 0 Å². The highest BCUT2D eigenvalue weighted by Crippen LogP contribution is 2.39. The largest absolute Gasteiger partial charge is 0.478 e. The molecule has 7 heteroatoms. The van der Waals surface area contributed by atoms with Gasteiger partial charge in [0.05, 0.1) is 6.61 Å². The fourth-order valence-corrected chi connectivity index (χ4v) is 1.62. The first-order valence-electron chi connectivity index (χ1n) is 6.24. The van der Waals surface area contributed by atoms with Crippen molar-refractivity contribution in [1.82, 2.24) is 9.97 Å². The SMILES string of the molecule is CNc1cc(OCCCC(F)(F)F)nc(C2CC2)n1. The summed E-state index contributed by atoms with van der Waals surface area (Å²) >= 11 is 0. The normalized spacial score (nSPS) is 15.4. The molecule has 0 amide bonds. The number of hydrogen-bond donors (Lipinski definition) is 1. The van der Waals surface area contributed by atoms with E-state index in [0.717, 1.165) is 12.8 Å². The minimum atomic E-state index is -4.13. The van der Waals surface area contributed by atoms with Crippen LogP contribution in [0.2, 0.25) is 0 Å². The zero-order valence-electron chi connectivity index (χ0n) is 10.6. The molecule has 0 aromatic carbocycles. The van der Waals surface area contributed by atoms with Gasteiger partial charge in [-0.05, 0) is 19.3 Å². The summed E-state index contributed by atoms with van der Waals surface area (Å²) in [4.78, 5) is 8.52. The second-order valence-corrected chi connectivity index (χ2v) is 4.54. The number of aromatic nitrogens is 2. The number of rotatable bonds is 6. The summed E-state index contributed by atoms with van der Waals surface area (Å²) in [5.74, 6) is 2.04. The number of alkyl halides is 3. The summed E-state index contributed by atoms with van der Waals surface area (Å²) in [5.41, 5.74) is 0. The van der Waals surface area contributed by atoms with E-state index >= 15 is 0 Å². The molecule has 0 unspecified atom stereocenters. The van der Waals surface area contributed by atoms with Crippen LogP contribution in [0.1, 0.15) is 37.4 Å². The van der Waals surface area contributed by atoms with Crippen molar-refractivity contribution < 1.29 is 17.9 Å². The van der Waals surface area contributed by atoms with Crippen LogP contribution in [0, 0.1) is 0 Å². The predicted molar refractivity (Wildman–Crippen MR) is 64.3 cm³/mol. The molecule has 1 aromatic heterocycles. The molecule has 1 aliphatic carbocycles. The minimum absolute atomic E-state index is 0.00375. The van der Waals surface area contributed by atoms with Gasteiger partial charge in [0, 0.05) is 25.5 Å². The van der Waals surface area contributed by atoms with E-state index in [2.05, 4.69) is 15.3 Å². The fourth-order valence-electron chi connectivity index (χ4n) is 1.62. The van der Waals surface area contributed by atoms with E-state index < -0.39 is 12.6 Å². The number of hydrogen-bond acceptors (Lipinski definition) is 4. The summed E-state index contributed by atoms with van der Waals surface area (Å²) in [5, 5.41) is 2.89. The predicted octanol–water partition coefficient (Wildman–Crippen LogP) is 3.12. The molecular formula is C12H16F3N3O. The Bertz CT molecular complexity index is 433. The molecule has 2 rings (SSSR count). The molecule has 0 radical (unpaired) electrons. The van der Waals surface area contributed by atoms with Gasteiger partial charge in [0.25, 0.3) is 0 Å². The summed E-state index contributed by atoms with van der Waals surface area (Å²) in [6, 6.07) is 1.60. The number of anilines is 1. The van der Waals surface area contributed by atoms with Crippen molar-refractivity contribution in [3.8, 4) is 5.88 Å². The van der Waals surface area contributed by atoms with Gasteiger partial charge in [-0.2, -0.15) is 18.2 Å². The summed E-state index contributed by atoms with van der Waals surface area (Å²) in [6.07, 6.45) is -2.93. The molecule has 0 bridgehead atoms. The first-order valence-corrected chi connectivity index (χ1v) is 6.24. The molecule has 0 saturated heterocycles. The first kappa shape index (κ1) is 13.9. The van der Waals surface area contributed by atoms with Gasteiger partial charge in [-0.1, -0.05) is 0 Å². The van der Waals surface area contributed by atoms with Crippen molar-refractivity contribution in [2.24, 2.45) is 0 Å². The maximum atomic E-state index is 12.0. The summed E-state index contributed by atoms with van der Waals surface area (Å²) in [6.45, 7) is 0.00375. The van der Waals surface area contributed by atoms with Gasteiger partial charge in [-0.15, -0.1) is 0 Å². The molecule has 1 aliphatic rings. The van der Waals surface area contributed by atoms with E-state index in [1.807, 2.05) is 0 Å². The fraction of sp³-hybridized carbons (Fsp3) is 0.667. The van der Waals surface area contributed by atoms with E-state index in [0.29, 0.717) is 23.4 Å². The summed E-state index contributed by atoms with van der Waals surface area (Å²) < 4.78 is 41.2. The second kappa shape index (κ2) is 5.63. The van der Waals surface area contributed by atoms with Crippen LogP contribution in [0.5, 0.6) is 5.88 Å². The minimum Gasteiger partial charge on any atom is -0.478 e. The Morgan fingerprint density at radius 1 is 1.37 bits per heavy atom. The van der Waals surface area contributed by atoms with Crippen molar-refractivity contribution in [3.05, 3.63) is 11.9 Å². The third-order valence-electron chi connectivity index (χ3n) is 2.77. The molecule has 4 nitrogen and oxygen atoms in total. The molecule has 1 fully saturated rings. The van der Waals surface area contributed by atoms with Crippen molar-refractivity contribution in [2.75, 3.05) is 19.0 Å². The topological polar surface area (TPSA) is 47.0 Å². The highest BCUT2D eigenvalue weighted by molar-refractivity contribution is 5.38. The van der Waals surface area contributed by atoms with Gasteiger partial charge >= 0.3 is 6.18 Å². The summed E-state index contributed by atoms with van der Waals surface area (Å²) in [7, 11) is 1.73. The van der Waals surface area contributed by atoms with Crippen LogP contribution in [0.3, 0.4) is 0 Å². The quantitative estimate of drug-likeness (QED) is 0.810. The monoisotopic (exact) mass is 275 g/mol. The van der Waals surface area contributed by atoms with Crippen LogP contribution in [0.4, 0.5) is 19.0 Å². The first-order chi connectivity index (χ1) is 8.98. The molecule has 1 saturated carbocycles. The lowest BCUT2D eigenvalue weighted by Crippen LogP contribution is -2.10. The molecule has 0 atom stereocenters. The second-order valence-electron chi connectivity index (χ2n) is 4.54. The van der Waals surface area contributed by atoms with E-state index in [9.17, 15) is 13.2 Å². The lowest BCUT2D eigenvalue weighted by molar-refractivity contribution is -0.136. The van der Waals surface area contributed by atoms with E-state index in [1.54, 1.807) is 13.1 Å². The molecule has 1 N–H and O–H groups in total. The lowest BCUT2D eigenvalue weighted by Gasteiger charge is -2.10. The van der Waals surface area contributed by atoms with Crippen LogP contribution in [-0.2, 0) is 0 Å². The number of ether oxygens (including phenoxy) is 1. The molecular weight excluding hydrogens is 259 g/mol. The van der Waals surface area contributed by atoms with Crippen LogP contribution in [-0.4, -0.2) is 29.8 Å². The lowest BCUT2D eigenvalue weighted by atomic mass is 10.3. The Morgan fingerprint density at radius 2 is 2.11 bits per heavy atom. The standard InChI is InChI=1S/C12H16F3N3O/c1-16-9-7-10(18-11(17-9)8-3-4-8)19-6-2-5-12(13,14)15/h7-8H,2-6H2,1H3,(H,16,17,18). The average Bonchev–Trinajstić information content (AvgIpc) is 3.17. The number of nitrogens with zero attached hydrogens (tertiary/aromatic N) is 2. The van der Waals surface area contributed by atoms with E-state index in [-0.39, 0.29) is 13.0 Å². The maximum Gasteiger partial charge on any atom is 0.389 e. The van der Waals surface area contributed by atoms with Crippen LogP contribution < -0.4 is 10.1 Å². The zero-order chi connectivity index (χ0) is 13.9. The molecule has 0 aliphatic heterocycles. The van der Waals surface area contributed by atoms with Gasteiger partial charge in [0.15, 0.2) is 0 Å². The van der Waals surface area contributed by atoms with E-state index in [4.69, 9.17) is 4.74 Å². The Labute approximate surface area is 109 Å². The van der Waals surface area contributed by atoms with Gasteiger partial charge in [0.2, 0.25) is 5.88 Å². The molecule has 19 heavy (non-hydrogen) atoms. The number of halogens is 3. The van der Waals surface area contributed by atoms with E-state index in [1.165, 1.54) is 0 Å². The highest BCUT2D eigenvalue weighted by atomic mass is 19.4. The molecule has 1 heterocycles. The third-order valence-corrected chi connectivity index (χ3v) is 2.77. The van der Waals surface area contributed by atoms with Gasteiger partial charge in [-0.3, -0.25) is 0 Å². The molecule has 0 spiro atoms. The van der Waals surface area contributed by atoms with Crippen LogP contribution >= 0.6 is 0 Å². The van der Waals surface area contributed by atoms with Crippen molar-refractivity contribution in [1.29, 1.82) is 0 Å². The maximum absolute atomic E-state index is 12.0. The third kappa shape index (κ3) is 4.57. The van der Waals surface area contributed by atoms with Crippen LogP contribution in [0.15, 0.2) is 6.07 Å². The smallest absolute Gasteiger partial charge is 0.389 e. The number of nitrogens with one attached hydrogen (secondary N) is 1. The average molecular weight is 275 g/mol. The Balaban J connectivity index is 1.90. The van der Waals surface area contributed by atoms with Crippen molar-refractivity contribution in [3.63, 3.8) is 0 Å². The zero-order valence-corrected chi connectivity index (χ0v) is 10.6. The van der Waals surface area contributed by atoms with Gasteiger partial charge in [-0.25, -0.2) is 4.98 Å². The van der Waals surface area contributed by atoms with Gasteiger partial charge < -0.3 is 10.1 Å². The van der Waals surface area contributed by atoms with Gasteiger partial charge in [0.1, 0.15) is 11.6 Å².